The van der Waals surface area contributed by atoms with E-state index in [2.05, 4.69) is 11.9 Å². The van der Waals surface area contributed by atoms with Gasteiger partial charge < -0.3 is 35.5 Å². The Bertz CT molecular complexity index is 952. The zero-order valence-electron chi connectivity index (χ0n) is 23.1. The second-order valence-corrected chi connectivity index (χ2v) is 10.9. The number of nitrogens with one attached hydrogen (secondary N) is 1. The molecular formula is C28H44N2O7. The maximum absolute atomic E-state index is 13.3. The number of aliphatic hydroxyl groups excluding tert-OH is 2. The number of cyclic esters (lactones) is 1. The number of aliphatic hydroxyl groups is 2. The average molecular weight is 521 g/mol. The molecule has 2 rings (SSSR count). The fourth-order valence-corrected chi connectivity index (χ4v) is 4.73. The van der Waals surface area contributed by atoms with Crippen molar-refractivity contribution in [3.05, 3.63) is 47.8 Å². The van der Waals surface area contributed by atoms with E-state index in [9.17, 15) is 19.8 Å². The van der Waals surface area contributed by atoms with Crippen molar-refractivity contribution in [2.75, 3.05) is 7.11 Å². The number of allylic oxidation sites excluding steroid dienone is 1. The molecular weight excluding hydrogens is 476 g/mol. The molecule has 0 aromatic heterocycles. The Hall–Kier alpha value is -2.62. The van der Waals surface area contributed by atoms with Gasteiger partial charge in [-0.25, -0.2) is 0 Å². The number of Topliss-reactive ketones (excluding diaryl/α,β-unsaturated/α-hetero) is 1. The topological polar surface area (TPSA) is 150 Å². The lowest BCUT2D eigenvalue weighted by Crippen LogP contribution is -2.46. The Morgan fingerprint density at radius 1 is 1.27 bits per heavy atom. The molecule has 0 spiro atoms. The van der Waals surface area contributed by atoms with Gasteiger partial charge in [-0.15, -0.1) is 0 Å². The molecule has 5 N–H and O–H groups in total. The molecule has 0 bridgehead atoms. The van der Waals surface area contributed by atoms with Crippen molar-refractivity contribution < 1.29 is 34.0 Å². The molecule has 7 atom stereocenters. The lowest BCUT2D eigenvalue weighted by atomic mass is 9.73. The molecule has 37 heavy (non-hydrogen) atoms. The monoisotopic (exact) mass is 520 g/mol. The number of fused-ring (bicyclic) bond motifs is 1. The third-order valence-electron chi connectivity index (χ3n) is 7.54. The number of ether oxygens (including phenoxy) is 3. The van der Waals surface area contributed by atoms with Gasteiger partial charge in [0.05, 0.1) is 36.9 Å². The summed E-state index contributed by atoms with van der Waals surface area (Å²) >= 11 is 0. The number of carbonyl (C=O) groups excluding carboxylic acids is 2. The van der Waals surface area contributed by atoms with Gasteiger partial charge in [-0.05, 0) is 44.4 Å². The lowest BCUT2D eigenvalue weighted by molar-refractivity contribution is -0.154. The number of rotatable bonds is 5. The van der Waals surface area contributed by atoms with Gasteiger partial charge in [-0.2, -0.15) is 0 Å². The third-order valence-corrected chi connectivity index (χ3v) is 7.54. The summed E-state index contributed by atoms with van der Waals surface area (Å²) in [4.78, 5) is 26.1. The first kappa shape index (κ1) is 30.6. The van der Waals surface area contributed by atoms with E-state index in [-0.39, 0.29) is 41.8 Å². The van der Waals surface area contributed by atoms with Crippen molar-refractivity contribution in [1.29, 1.82) is 0 Å². The van der Waals surface area contributed by atoms with Crippen LogP contribution in [0.3, 0.4) is 0 Å². The summed E-state index contributed by atoms with van der Waals surface area (Å²) in [6, 6.07) is 0.286. The van der Waals surface area contributed by atoms with Crippen molar-refractivity contribution in [1.82, 2.24) is 5.32 Å². The molecule has 0 radical (unpaired) electrons. The SMILES string of the molecule is C=C(OC)O/C=C(N)/C=C(\C)[C@@H]1C/C=C(/C)CC2NC2[C@H](C)[C@H](O)[C@@H](C)C(=O)C(C)(C)[C@@H](O)CC(=O)O1. The Morgan fingerprint density at radius 3 is 2.54 bits per heavy atom. The van der Waals surface area contributed by atoms with Crippen LogP contribution in [0.1, 0.15) is 60.8 Å². The standard InChI is InChI=1S/C28H44N2O7/c1-15-9-10-22(16(2)12-20(29)14-36-19(5)35-8)37-24(32)13-23(31)28(6,7)27(34)18(4)26(33)17(3)25-21(11-15)30-25/h9,12,14,17-18,21-23,25-26,30-31,33H,5,10-11,13,29H2,1-4,6-8H3/b15-9-,16-12+,20-14-/t17-,18+,21?,22-,23-,25?,26-/m0/s1. The van der Waals surface area contributed by atoms with Crippen LogP contribution in [-0.2, 0) is 23.8 Å². The molecule has 9 heteroatoms. The Kier molecular flexibility index (Phi) is 10.6. The number of esters is 1. The van der Waals surface area contributed by atoms with Gasteiger partial charge in [-0.3, -0.25) is 9.59 Å². The molecule has 0 saturated carbocycles. The highest BCUT2D eigenvalue weighted by atomic mass is 16.7. The molecule has 1 saturated heterocycles. The van der Waals surface area contributed by atoms with E-state index in [1.165, 1.54) is 13.4 Å². The maximum atomic E-state index is 13.3. The zero-order valence-corrected chi connectivity index (χ0v) is 23.1. The molecule has 2 heterocycles. The fourth-order valence-electron chi connectivity index (χ4n) is 4.73. The minimum Gasteiger partial charge on any atom is -0.469 e. The highest BCUT2D eigenvalue weighted by Gasteiger charge is 2.47. The van der Waals surface area contributed by atoms with Crippen molar-refractivity contribution >= 4 is 11.8 Å². The molecule has 0 aromatic carbocycles. The highest BCUT2D eigenvalue weighted by Crippen LogP contribution is 2.35. The Balaban J connectivity index is 2.34. The van der Waals surface area contributed by atoms with Gasteiger partial charge in [0.1, 0.15) is 18.1 Å². The number of ketones is 1. The molecule has 0 aromatic rings. The normalized spacial score (nSPS) is 35.5. The predicted molar refractivity (Wildman–Crippen MR) is 141 cm³/mol. The minimum absolute atomic E-state index is 0.0815. The fraction of sp³-hybridized carbons (Fsp3) is 0.643. The Labute approximate surface area is 220 Å². The van der Waals surface area contributed by atoms with Crippen LogP contribution >= 0.6 is 0 Å². The van der Waals surface area contributed by atoms with Crippen molar-refractivity contribution in [3.8, 4) is 0 Å². The first-order chi connectivity index (χ1) is 17.2. The largest absolute Gasteiger partial charge is 0.469 e. The first-order valence-electron chi connectivity index (χ1n) is 12.7. The summed E-state index contributed by atoms with van der Waals surface area (Å²) in [5.74, 6) is -1.70. The van der Waals surface area contributed by atoms with Gasteiger partial charge >= 0.3 is 5.97 Å². The molecule has 9 nitrogen and oxygen atoms in total. The predicted octanol–water partition coefficient (Wildman–Crippen LogP) is 2.84. The highest BCUT2D eigenvalue weighted by molar-refractivity contribution is 5.88. The summed E-state index contributed by atoms with van der Waals surface area (Å²) < 4.78 is 15.8. The molecule has 1 fully saturated rings. The molecule has 208 valence electrons. The van der Waals surface area contributed by atoms with Gasteiger partial charge in [0.2, 0.25) is 0 Å². The molecule has 2 aliphatic heterocycles. The Morgan fingerprint density at radius 2 is 1.92 bits per heavy atom. The molecule has 0 aliphatic carbocycles. The van der Waals surface area contributed by atoms with E-state index in [1.807, 2.05) is 19.9 Å². The summed E-state index contributed by atoms with van der Waals surface area (Å²) in [6.07, 6.45) is 2.96. The second kappa shape index (κ2) is 12.8. The zero-order chi connectivity index (χ0) is 28.1. The molecule has 2 aliphatic rings. The van der Waals surface area contributed by atoms with Gasteiger partial charge in [0.15, 0.2) is 0 Å². The number of hydrogen-bond acceptors (Lipinski definition) is 9. The van der Waals surface area contributed by atoms with Crippen LogP contribution in [0, 0.1) is 17.3 Å². The van der Waals surface area contributed by atoms with Crippen LogP contribution in [0.2, 0.25) is 0 Å². The van der Waals surface area contributed by atoms with E-state index < -0.39 is 35.6 Å². The smallest absolute Gasteiger partial charge is 0.309 e. The van der Waals surface area contributed by atoms with Crippen LogP contribution in [0.15, 0.2) is 47.8 Å². The van der Waals surface area contributed by atoms with E-state index >= 15 is 0 Å². The summed E-state index contributed by atoms with van der Waals surface area (Å²) in [6.45, 7) is 14.2. The number of methoxy groups -OCH3 is 1. The van der Waals surface area contributed by atoms with Gasteiger partial charge in [-0.1, -0.05) is 39.3 Å². The van der Waals surface area contributed by atoms with Crippen molar-refractivity contribution in [2.24, 2.45) is 23.0 Å². The third kappa shape index (κ3) is 8.18. The summed E-state index contributed by atoms with van der Waals surface area (Å²) in [5.41, 5.74) is 6.83. The number of hydrogen-bond donors (Lipinski definition) is 4. The number of nitrogens with two attached hydrogens (primary N) is 1. The van der Waals surface area contributed by atoms with Crippen LogP contribution in [-0.4, -0.2) is 59.5 Å². The minimum atomic E-state index is -1.28. The van der Waals surface area contributed by atoms with Crippen LogP contribution in [0.4, 0.5) is 0 Å². The lowest BCUT2D eigenvalue weighted by Gasteiger charge is -2.34. The molecule has 2 unspecified atom stereocenters. The number of carbonyl (C=O) groups is 2. The second-order valence-electron chi connectivity index (χ2n) is 10.9. The van der Waals surface area contributed by atoms with Crippen LogP contribution in [0.5, 0.6) is 0 Å². The van der Waals surface area contributed by atoms with Crippen molar-refractivity contribution in [2.45, 2.75) is 91.2 Å². The van der Waals surface area contributed by atoms with Gasteiger partial charge in [0.25, 0.3) is 5.95 Å². The van der Waals surface area contributed by atoms with Crippen molar-refractivity contribution in [3.63, 3.8) is 0 Å². The van der Waals surface area contributed by atoms with E-state index in [0.29, 0.717) is 12.0 Å². The first-order valence-corrected chi connectivity index (χ1v) is 12.7. The van der Waals surface area contributed by atoms with Crippen LogP contribution < -0.4 is 11.1 Å². The average Bonchev–Trinajstić information content (AvgIpc) is 3.60. The summed E-state index contributed by atoms with van der Waals surface area (Å²) in [5, 5.41) is 25.2. The van der Waals surface area contributed by atoms with Gasteiger partial charge in [0, 0.05) is 24.4 Å². The molecule has 0 amide bonds. The van der Waals surface area contributed by atoms with E-state index in [1.54, 1.807) is 33.8 Å². The summed E-state index contributed by atoms with van der Waals surface area (Å²) in [7, 11) is 1.42. The van der Waals surface area contributed by atoms with E-state index in [4.69, 9.17) is 19.9 Å². The van der Waals surface area contributed by atoms with E-state index in [0.717, 1.165) is 12.0 Å². The quantitative estimate of drug-likeness (QED) is 0.141. The van der Waals surface area contributed by atoms with Crippen LogP contribution in [0.25, 0.3) is 0 Å². The maximum Gasteiger partial charge on any atom is 0.309 e.